The lowest BCUT2D eigenvalue weighted by Gasteiger charge is -2.38. The van der Waals surface area contributed by atoms with Gasteiger partial charge in [-0.2, -0.15) is 0 Å². The van der Waals surface area contributed by atoms with Crippen LogP contribution in [0.3, 0.4) is 0 Å². The molecule has 0 radical (unpaired) electrons. The van der Waals surface area contributed by atoms with Crippen molar-refractivity contribution >= 4 is 5.78 Å². The molecule has 19 heavy (non-hydrogen) atoms. The Morgan fingerprint density at radius 1 is 1.37 bits per heavy atom. The molecule has 1 fully saturated rings. The minimum atomic E-state index is -0.601. The summed E-state index contributed by atoms with van der Waals surface area (Å²) in [7, 11) is 1.68. The molecule has 0 aromatic heterocycles. The third-order valence-corrected chi connectivity index (χ3v) is 4.61. The van der Waals surface area contributed by atoms with Gasteiger partial charge in [-0.3, -0.25) is 4.79 Å². The molecule has 0 N–H and O–H groups in total. The number of benzene rings is 1. The van der Waals surface area contributed by atoms with E-state index in [1.54, 1.807) is 7.11 Å². The van der Waals surface area contributed by atoms with Gasteiger partial charge < -0.3 is 4.74 Å². The fourth-order valence-corrected chi connectivity index (χ4v) is 3.23. The van der Waals surface area contributed by atoms with Crippen LogP contribution in [-0.4, -0.2) is 18.5 Å². The summed E-state index contributed by atoms with van der Waals surface area (Å²) in [6.07, 6.45) is 3.96. The van der Waals surface area contributed by atoms with Crippen molar-refractivity contribution in [3.8, 4) is 0 Å². The maximum atomic E-state index is 12.9. The van der Waals surface area contributed by atoms with Gasteiger partial charge in [0, 0.05) is 12.7 Å². The molecule has 2 heteroatoms. The number of Topliss-reactive ketones (excluding diaryl/α,β-unsaturated/α-hetero) is 1. The van der Waals surface area contributed by atoms with Crippen LogP contribution in [0.15, 0.2) is 18.2 Å². The van der Waals surface area contributed by atoms with Crippen LogP contribution >= 0.6 is 0 Å². The first kappa shape index (κ1) is 14.3. The number of carbonyl (C=O) groups excluding carboxylic acids is 1. The first-order valence-electron chi connectivity index (χ1n) is 7.16. The van der Waals surface area contributed by atoms with Crippen molar-refractivity contribution in [1.82, 2.24) is 0 Å². The summed E-state index contributed by atoms with van der Waals surface area (Å²) in [5.41, 5.74) is 2.48. The Labute approximate surface area is 116 Å². The number of hydrogen-bond acceptors (Lipinski definition) is 2. The number of ether oxygens (including phenoxy) is 1. The van der Waals surface area contributed by atoms with E-state index in [4.69, 9.17) is 4.74 Å². The number of aryl methyl sites for hydroxylation is 1. The Morgan fingerprint density at radius 2 is 2.11 bits per heavy atom. The highest BCUT2D eigenvalue weighted by molar-refractivity contribution is 6.04. The highest BCUT2D eigenvalue weighted by Gasteiger charge is 2.42. The Balaban J connectivity index is 2.38. The van der Waals surface area contributed by atoms with Crippen molar-refractivity contribution < 1.29 is 9.53 Å². The maximum Gasteiger partial charge on any atom is 0.194 e. The Kier molecular flexibility index (Phi) is 4.10. The standard InChI is InChI=1S/C17H24O2/c1-12-7-6-10-17(11-12,19-4)16(18)15-9-5-8-13(2)14(15)3/h5,8-9,12H,6-7,10-11H2,1-4H3. The second-order valence-corrected chi connectivity index (χ2v) is 5.98. The number of carbonyl (C=O) groups is 1. The van der Waals surface area contributed by atoms with E-state index in [2.05, 4.69) is 19.9 Å². The van der Waals surface area contributed by atoms with Crippen molar-refractivity contribution in [1.29, 1.82) is 0 Å². The summed E-state index contributed by atoms with van der Waals surface area (Å²) >= 11 is 0. The van der Waals surface area contributed by atoms with E-state index in [0.717, 1.165) is 30.4 Å². The van der Waals surface area contributed by atoms with Crippen molar-refractivity contribution in [2.24, 2.45) is 5.92 Å². The van der Waals surface area contributed by atoms with Gasteiger partial charge in [0.1, 0.15) is 5.60 Å². The van der Waals surface area contributed by atoms with Crippen molar-refractivity contribution in [2.75, 3.05) is 7.11 Å². The van der Waals surface area contributed by atoms with Gasteiger partial charge >= 0.3 is 0 Å². The lowest BCUT2D eigenvalue weighted by Crippen LogP contribution is -2.45. The van der Waals surface area contributed by atoms with Crippen LogP contribution in [-0.2, 0) is 4.74 Å². The summed E-state index contributed by atoms with van der Waals surface area (Å²) in [6.45, 7) is 6.29. The van der Waals surface area contributed by atoms with Crippen molar-refractivity contribution in [3.63, 3.8) is 0 Å². The molecule has 2 rings (SSSR count). The molecule has 0 aliphatic heterocycles. The molecule has 0 bridgehead atoms. The van der Waals surface area contributed by atoms with Crippen LogP contribution in [0.1, 0.15) is 54.1 Å². The van der Waals surface area contributed by atoms with Gasteiger partial charge in [-0.15, -0.1) is 0 Å². The van der Waals surface area contributed by atoms with E-state index in [1.165, 1.54) is 12.0 Å². The molecular weight excluding hydrogens is 236 g/mol. The van der Waals surface area contributed by atoms with Crippen LogP contribution in [0.4, 0.5) is 0 Å². The number of ketones is 1. The predicted molar refractivity (Wildman–Crippen MR) is 77.6 cm³/mol. The summed E-state index contributed by atoms with van der Waals surface area (Å²) in [5.74, 6) is 0.727. The molecule has 0 heterocycles. The van der Waals surface area contributed by atoms with Gasteiger partial charge in [-0.05, 0) is 50.2 Å². The highest BCUT2D eigenvalue weighted by Crippen LogP contribution is 2.37. The van der Waals surface area contributed by atoms with Gasteiger partial charge in [0.25, 0.3) is 0 Å². The Morgan fingerprint density at radius 3 is 2.74 bits per heavy atom. The molecule has 2 unspecified atom stereocenters. The smallest absolute Gasteiger partial charge is 0.194 e. The lowest BCUT2D eigenvalue weighted by atomic mass is 9.74. The fraction of sp³-hybridized carbons (Fsp3) is 0.588. The molecule has 2 atom stereocenters. The molecule has 2 nitrogen and oxygen atoms in total. The summed E-state index contributed by atoms with van der Waals surface area (Å²) in [6, 6.07) is 5.95. The number of methoxy groups -OCH3 is 1. The molecule has 1 aliphatic rings. The first-order valence-corrected chi connectivity index (χ1v) is 7.16. The average molecular weight is 260 g/mol. The van der Waals surface area contributed by atoms with Crippen LogP contribution in [0.2, 0.25) is 0 Å². The fourth-order valence-electron chi connectivity index (χ4n) is 3.23. The minimum Gasteiger partial charge on any atom is -0.370 e. The molecule has 1 saturated carbocycles. The number of rotatable bonds is 3. The van der Waals surface area contributed by atoms with E-state index < -0.39 is 5.60 Å². The minimum absolute atomic E-state index is 0.169. The van der Waals surface area contributed by atoms with Crippen molar-refractivity contribution in [2.45, 2.75) is 52.1 Å². The Bertz CT molecular complexity index is 478. The molecule has 0 saturated heterocycles. The molecule has 1 aromatic rings. The van der Waals surface area contributed by atoms with Gasteiger partial charge in [-0.25, -0.2) is 0 Å². The van der Waals surface area contributed by atoms with Gasteiger partial charge in [0.15, 0.2) is 5.78 Å². The predicted octanol–water partition coefficient (Wildman–Crippen LogP) is 4.08. The van der Waals surface area contributed by atoms with Crippen LogP contribution < -0.4 is 0 Å². The average Bonchev–Trinajstić information content (AvgIpc) is 2.41. The maximum absolute atomic E-state index is 12.9. The zero-order valence-corrected chi connectivity index (χ0v) is 12.5. The summed E-state index contributed by atoms with van der Waals surface area (Å²) < 4.78 is 5.71. The molecule has 0 spiro atoms. The van der Waals surface area contributed by atoms with Gasteiger partial charge in [-0.1, -0.05) is 31.5 Å². The molecule has 0 amide bonds. The van der Waals surface area contributed by atoms with E-state index in [0.29, 0.717) is 5.92 Å². The first-order chi connectivity index (χ1) is 9.00. The van der Waals surface area contributed by atoms with Crippen molar-refractivity contribution in [3.05, 3.63) is 34.9 Å². The summed E-state index contributed by atoms with van der Waals surface area (Å²) in [5, 5.41) is 0. The molecule has 1 aromatic carbocycles. The highest BCUT2D eigenvalue weighted by atomic mass is 16.5. The molecule has 1 aliphatic carbocycles. The normalized spacial score (nSPS) is 27.3. The molecule has 104 valence electrons. The topological polar surface area (TPSA) is 26.3 Å². The largest absolute Gasteiger partial charge is 0.370 e. The van der Waals surface area contributed by atoms with Crippen LogP contribution in [0.5, 0.6) is 0 Å². The zero-order valence-electron chi connectivity index (χ0n) is 12.5. The van der Waals surface area contributed by atoms with Crippen LogP contribution in [0.25, 0.3) is 0 Å². The quantitative estimate of drug-likeness (QED) is 0.765. The monoisotopic (exact) mass is 260 g/mol. The van der Waals surface area contributed by atoms with E-state index in [-0.39, 0.29) is 5.78 Å². The van der Waals surface area contributed by atoms with E-state index in [1.807, 2.05) is 19.1 Å². The second kappa shape index (κ2) is 5.46. The SMILES string of the molecule is COC1(C(=O)c2cccc(C)c2C)CCCC(C)C1. The molecular formula is C17H24O2. The van der Waals surface area contributed by atoms with E-state index in [9.17, 15) is 4.79 Å². The zero-order chi connectivity index (χ0) is 14.0. The third-order valence-electron chi connectivity index (χ3n) is 4.61. The third kappa shape index (κ3) is 2.59. The van der Waals surface area contributed by atoms with E-state index >= 15 is 0 Å². The van der Waals surface area contributed by atoms with Gasteiger partial charge in [0.2, 0.25) is 0 Å². The van der Waals surface area contributed by atoms with Gasteiger partial charge in [0.05, 0.1) is 0 Å². The lowest BCUT2D eigenvalue weighted by molar-refractivity contribution is -0.0303. The second-order valence-electron chi connectivity index (χ2n) is 5.98. The van der Waals surface area contributed by atoms with Crippen LogP contribution in [0, 0.1) is 19.8 Å². The number of hydrogen-bond donors (Lipinski definition) is 0. The Hall–Kier alpha value is -1.15. The summed E-state index contributed by atoms with van der Waals surface area (Å²) in [4.78, 5) is 12.9.